The molecule has 0 amide bonds. The summed E-state index contributed by atoms with van der Waals surface area (Å²) in [4.78, 5) is 28.3. The van der Waals surface area contributed by atoms with Crippen LogP contribution in [0.25, 0.3) is 11.0 Å². The molecule has 0 aliphatic heterocycles. The standard InChI is InChI=1S/C9H5N3O3.CH4/c13-5-6-4-10-9-7(11-6)2-1-3-8(9)12(14)15;/h1-5H;1H4. The molecule has 1 aromatic carbocycles. The van der Waals surface area contributed by atoms with Gasteiger partial charge in [-0.1, -0.05) is 13.5 Å². The molecule has 2 aromatic rings. The van der Waals surface area contributed by atoms with Gasteiger partial charge in [0, 0.05) is 6.07 Å². The number of aromatic nitrogens is 2. The molecule has 6 heteroatoms. The van der Waals surface area contributed by atoms with Crippen LogP contribution in [0, 0.1) is 10.1 Å². The number of non-ortho nitro benzene ring substituents is 1. The monoisotopic (exact) mass is 219 g/mol. The minimum atomic E-state index is -0.530. The summed E-state index contributed by atoms with van der Waals surface area (Å²) in [5.74, 6) is 0. The van der Waals surface area contributed by atoms with Crippen LogP contribution in [0.1, 0.15) is 17.9 Å². The fraction of sp³-hybridized carbons (Fsp3) is 0.100. The average Bonchev–Trinajstić information content (AvgIpc) is 2.27. The molecule has 0 bridgehead atoms. The summed E-state index contributed by atoms with van der Waals surface area (Å²) < 4.78 is 0. The molecule has 0 unspecified atom stereocenters. The van der Waals surface area contributed by atoms with Gasteiger partial charge in [0.1, 0.15) is 5.69 Å². The molecular weight excluding hydrogens is 210 g/mol. The first-order chi connectivity index (χ1) is 7.22. The Balaban J connectivity index is 0.00000128. The van der Waals surface area contributed by atoms with Crippen LogP contribution >= 0.6 is 0 Å². The lowest BCUT2D eigenvalue weighted by atomic mass is 10.2. The molecule has 16 heavy (non-hydrogen) atoms. The SMILES string of the molecule is C.O=Cc1cnc2c([N+](=O)[O-])cccc2n1. The minimum absolute atomic E-state index is 0. The van der Waals surface area contributed by atoms with Gasteiger partial charge in [0.2, 0.25) is 0 Å². The van der Waals surface area contributed by atoms with Crippen molar-refractivity contribution in [2.24, 2.45) is 0 Å². The maximum Gasteiger partial charge on any atom is 0.297 e. The van der Waals surface area contributed by atoms with Crippen molar-refractivity contribution in [3.05, 3.63) is 40.2 Å². The number of benzene rings is 1. The number of para-hydroxylation sites is 1. The average molecular weight is 219 g/mol. The van der Waals surface area contributed by atoms with Gasteiger partial charge in [-0.15, -0.1) is 0 Å². The summed E-state index contributed by atoms with van der Waals surface area (Å²) in [7, 11) is 0. The number of carbonyl (C=O) groups excluding carboxylic acids is 1. The highest BCUT2D eigenvalue weighted by Gasteiger charge is 2.13. The number of carbonyl (C=O) groups is 1. The molecule has 0 N–H and O–H groups in total. The van der Waals surface area contributed by atoms with E-state index in [0.29, 0.717) is 11.8 Å². The number of nitro groups is 1. The van der Waals surface area contributed by atoms with Crippen LogP contribution < -0.4 is 0 Å². The third-order valence-electron chi connectivity index (χ3n) is 1.89. The number of nitro benzene ring substituents is 1. The first-order valence-electron chi connectivity index (χ1n) is 4.07. The van der Waals surface area contributed by atoms with Crippen molar-refractivity contribution in [2.75, 3.05) is 0 Å². The van der Waals surface area contributed by atoms with Gasteiger partial charge in [0.25, 0.3) is 5.69 Å². The molecule has 2 rings (SSSR count). The van der Waals surface area contributed by atoms with E-state index in [1.54, 1.807) is 6.07 Å². The molecule has 1 heterocycles. The lowest BCUT2D eigenvalue weighted by Gasteiger charge is -1.97. The molecule has 0 atom stereocenters. The van der Waals surface area contributed by atoms with Crippen LogP contribution in [0.3, 0.4) is 0 Å². The topological polar surface area (TPSA) is 86.0 Å². The van der Waals surface area contributed by atoms with Gasteiger partial charge in [-0.2, -0.15) is 0 Å². The van der Waals surface area contributed by atoms with Crippen LogP contribution in [0.5, 0.6) is 0 Å². The summed E-state index contributed by atoms with van der Waals surface area (Å²) in [6, 6.07) is 4.42. The molecule has 82 valence electrons. The lowest BCUT2D eigenvalue weighted by molar-refractivity contribution is -0.383. The Bertz CT molecular complexity index is 554. The molecule has 0 saturated heterocycles. The van der Waals surface area contributed by atoms with Crippen molar-refractivity contribution < 1.29 is 9.72 Å². The molecule has 0 aliphatic carbocycles. The molecule has 0 saturated carbocycles. The third kappa shape index (κ3) is 1.85. The van der Waals surface area contributed by atoms with Crippen molar-refractivity contribution >= 4 is 23.0 Å². The fourth-order valence-corrected chi connectivity index (χ4v) is 1.24. The fourth-order valence-electron chi connectivity index (χ4n) is 1.24. The number of nitrogens with zero attached hydrogens (tertiary/aromatic N) is 3. The van der Waals surface area contributed by atoms with Gasteiger partial charge in [0.15, 0.2) is 11.8 Å². The number of fused-ring (bicyclic) bond motifs is 1. The summed E-state index contributed by atoms with van der Waals surface area (Å²) in [6.07, 6.45) is 1.76. The highest BCUT2D eigenvalue weighted by molar-refractivity contribution is 5.86. The zero-order valence-corrected chi connectivity index (χ0v) is 7.45. The van der Waals surface area contributed by atoms with E-state index in [0.717, 1.165) is 0 Å². The van der Waals surface area contributed by atoms with Crippen molar-refractivity contribution in [3.63, 3.8) is 0 Å². The molecule has 6 nitrogen and oxygen atoms in total. The lowest BCUT2D eigenvalue weighted by Crippen LogP contribution is -1.95. The largest absolute Gasteiger partial charge is 0.297 e. The summed E-state index contributed by atoms with van der Waals surface area (Å²) in [5, 5.41) is 10.6. The summed E-state index contributed by atoms with van der Waals surface area (Å²) in [5.41, 5.74) is 0.572. The second kappa shape index (κ2) is 4.43. The van der Waals surface area contributed by atoms with Gasteiger partial charge in [-0.3, -0.25) is 14.9 Å². The molecule has 0 radical (unpaired) electrons. The van der Waals surface area contributed by atoms with Crippen LogP contribution in [0.2, 0.25) is 0 Å². The van der Waals surface area contributed by atoms with Crippen molar-refractivity contribution in [1.82, 2.24) is 9.97 Å². The molecule has 1 aromatic heterocycles. The quantitative estimate of drug-likeness (QED) is 0.438. The van der Waals surface area contributed by atoms with Gasteiger partial charge in [0.05, 0.1) is 16.6 Å². The Labute approximate surface area is 91.1 Å². The van der Waals surface area contributed by atoms with E-state index in [1.165, 1.54) is 18.3 Å². The summed E-state index contributed by atoms with van der Waals surface area (Å²) in [6.45, 7) is 0. The van der Waals surface area contributed by atoms with Gasteiger partial charge in [-0.05, 0) is 6.07 Å². The molecule has 0 fully saturated rings. The van der Waals surface area contributed by atoms with Crippen LogP contribution in [-0.4, -0.2) is 21.2 Å². The second-order valence-corrected chi connectivity index (χ2v) is 2.81. The van der Waals surface area contributed by atoms with Crippen LogP contribution in [0.4, 0.5) is 5.69 Å². The van der Waals surface area contributed by atoms with E-state index in [4.69, 9.17) is 0 Å². The Hall–Kier alpha value is -2.37. The second-order valence-electron chi connectivity index (χ2n) is 2.81. The highest BCUT2D eigenvalue weighted by Crippen LogP contribution is 2.21. The van der Waals surface area contributed by atoms with Gasteiger partial charge < -0.3 is 0 Å². The van der Waals surface area contributed by atoms with Crippen molar-refractivity contribution in [3.8, 4) is 0 Å². The van der Waals surface area contributed by atoms with E-state index < -0.39 is 4.92 Å². The third-order valence-corrected chi connectivity index (χ3v) is 1.89. The molecular formula is C10H9N3O3. The smallest absolute Gasteiger partial charge is 0.296 e. The normalized spacial score (nSPS) is 9.50. The number of rotatable bonds is 2. The van der Waals surface area contributed by atoms with E-state index in [2.05, 4.69) is 9.97 Å². The number of hydrogen-bond donors (Lipinski definition) is 0. The summed E-state index contributed by atoms with van der Waals surface area (Å²) >= 11 is 0. The number of hydrogen-bond acceptors (Lipinski definition) is 5. The predicted molar refractivity (Wildman–Crippen MR) is 58.3 cm³/mol. The van der Waals surface area contributed by atoms with E-state index in [1.807, 2.05) is 0 Å². The van der Waals surface area contributed by atoms with Gasteiger partial charge in [-0.25, -0.2) is 9.97 Å². The first-order valence-corrected chi connectivity index (χ1v) is 4.07. The van der Waals surface area contributed by atoms with E-state index >= 15 is 0 Å². The van der Waals surface area contributed by atoms with Crippen molar-refractivity contribution in [1.29, 1.82) is 0 Å². The van der Waals surface area contributed by atoms with Crippen molar-refractivity contribution in [2.45, 2.75) is 7.43 Å². The predicted octanol–water partition coefficient (Wildman–Crippen LogP) is 1.99. The Morgan fingerprint density at radius 1 is 1.38 bits per heavy atom. The Morgan fingerprint density at radius 2 is 2.12 bits per heavy atom. The number of aldehydes is 1. The van der Waals surface area contributed by atoms with E-state index in [-0.39, 0.29) is 24.3 Å². The maximum atomic E-state index is 10.6. The zero-order valence-electron chi connectivity index (χ0n) is 7.45. The first kappa shape index (κ1) is 11.7. The highest BCUT2D eigenvalue weighted by atomic mass is 16.6. The molecule has 0 aliphatic rings. The van der Waals surface area contributed by atoms with Crippen LogP contribution in [0.15, 0.2) is 24.4 Å². The zero-order chi connectivity index (χ0) is 10.8. The Morgan fingerprint density at radius 3 is 2.75 bits per heavy atom. The minimum Gasteiger partial charge on any atom is -0.296 e. The Kier molecular flexibility index (Phi) is 3.24. The van der Waals surface area contributed by atoms with Crippen LogP contribution in [-0.2, 0) is 0 Å². The van der Waals surface area contributed by atoms with Gasteiger partial charge >= 0.3 is 0 Å². The maximum absolute atomic E-state index is 10.6. The molecule has 0 spiro atoms. The van der Waals surface area contributed by atoms with E-state index in [9.17, 15) is 14.9 Å².